The number of rotatable bonds is 8. The molecule has 0 radical (unpaired) electrons. The minimum Gasteiger partial charge on any atom is -0.368 e. The Morgan fingerprint density at radius 2 is 1.74 bits per heavy atom. The van der Waals surface area contributed by atoms with Gasteiger partial charge in [0.2, 0.25) is 23.7 Å². The average Bonchev–Trinajstić information content (AvgIpc) is 3.23. The lowest BCUT2D eigenvalue weighted by Crippen LogP contribution is -2.58. The van der Waals surface area contributed by atoms with Gasteiger partial charge in [0.1, 0.15) is 5.82 Å². The molecule has 1 aliphatic heterocycles. The van der Waals surface area contributed by atoms with Crippen LogP contribution in [0.1, 0.15) is 47.5 Å². The van der Waals surface area contributed by atoms with Crippen molar-refractivity contribution in [3.8, 4) is 5.69 Å². The molecule has 0 bridgehead atoms. The lowest BCUT2D eigenvalue weighted by Gasteiger charge is -2.44. The molecule has 1 aromatic carbocycles. The maximum absolute atomic E-state index is 12.1. The molecule has 3 aromatic rings. The molecule has 0 aliphatic carbocycles. The van der Waals surface area contributed by atoms with Gasteiger partial charge in [0.05, 0.1) is 5.69 Å². The van der Waals surface area contributed by atoms with Gasteiger partial charge in [-0.25, -0.2) is 4.98 Å². The first-order chi connectivity index (χ1) is 18.1. The van der Waals surface area contributed by atoms with Crippen LogP contribution in [0.3, 0.4) is 0 Å². The number of nitrogen functional groups attached to an aromatic ring is 1. The van der Waals surface area contributed by atoms with Crippen LogP contribution in [0.4, 0.5) is 29.1 Å². The fourth-order valence-corrected chi connectivity index (χ4v) is 4.82. The smallest absolute Gasteiger partial charge is 0.248 e. The van der Waals surface area contributed by atoms with Gasteiger partial charge in [-0.1, -0.05) is 13.8 Å². The summed E-state index contributed by atoms with van der Waals surface area (Å²) in [6.07, 6.45) is 3.08. The van der Waals surface area contributed by atoms with E-state index in [-0.39, 0.29) is 29.8 Å². The minimum absolute atomic E-state index is 0.00830. The van der Waals surface area contributed by atoms with E-state index in [1.807, 2.05) is 41.3 Å². The number of piperazine rings is 1. The Morgan fingerprint density at radius 1 is 1.08 bits per heavy atom. The molecule has 4 rings (SSSR count). The maximum atomic E-state index is 12.1. The second-order valence-electron chi connectivity index (χ2n) is 10.3. The van der Waals surface area contributed by atoms with E-state index in [1.54, 1.807) is 17.8 Å². The van der Waals surface area contributed by atoms with E-state index in [0.29, 0.717) is 31.4 Å². The van der Waals surface area contributed by atoms with E-state index < -0.39 is 0 Å². The van der Waals surface area contributed by atoms with Crippen LogP contribution < -0.4 is 21.3 Å². The van der Waals surface area contributed by atoms with Gasteiger partial charge in [-0.15, -0.1) is 5.10 Å². The van der Waals surface area contributed by atoms with Crippen LogP contribution in [-0.2, 0) is 9.59 Å². The average molecular weight is 520 g/mol. The number of aromatic nitrogens is 4. The van der Waals surface area contributed by atoms with Crippen molar-refractivity contribution < 1.29 is 9.59 Å². The Bertz CT molecular complexity index is 1260. The number of amides is 2. The second-order valence-corrected chi connectivity index (χ2v) is 10.3. The number of nitrogens with zero attached hydrogens (tertiary/aromatic N) is 6. The molecule has 4 N–H and O–H groups in total. The summed E-state index contributed by atoms with van der Waals surface area (Å²) in [5.41, 5.74) is 8.44. The number of hydrogen-bond acceptors (Lipinski definition) is 8. The number of carbonyl (C=O) groups excluding carboxylic acids is 2. The van der Waals surface area contributed by atoms with Gasteiger partial charge < -0.3 is 26.2 Å². The second kappa shape index (κ2) is 11.5. The summed E-state index contributed by atoms with van der Waals surface area (Å²) in [5.74, 6) is 1.96. The van der Waals surface area contributed by atoms with E-state index in [2.05, 4.69) is 58.3 Å². The standard InChI is InChI=1S/C27H37N9O2/c1-17(2)6-11-25(38)30-21-7-9-22(10-8-21)31-27-32-26(28)36(33-27)23-12-13-29-24(14-23)34-15-18(3)35(20(5)37)19(4)16-34/h7-10,12-14,17-19H,6,11,15-16H2,1-5H3,(H,30,38)(H3,28,31,32,33)/t18-,19+. The maximum Gasteiger partial charge on any atom is 0.248 e. The van der Waals surface area contributed by atoms with Crippen molar-refractivity contribution in [2.75, 3.05) is 34.4 Å². The summed E-state index contributed by atoms with van der Waals surface area (Å²) in [4.78, 5) is 37.1. The zero-order chi connectivity index (χ0) is 27.4. The number of anilines is 5. The normalized spacial score (nSPS) is 17.5. The summed E-state index contributed by atoms with van der Waals surface area (Å²) in [6.45, 7) is 11.3. The van der Waals surface area contributed by atoms with Crippen molar-refractivity contribution in [3.63, 3.8) is 0 Å². The number of benzene rings is 1. The topological polar surface area (TPSA) is 134 Å². The van der Waals surface area contributed by atoms with E-state index in [4.69, 9.17) is 5.73 Å². The quantitative estimate of drug-likeness (QED) is 0.409. The zero-order valence-electron chi connectivity index (χ0n) is 22.7. The largest absolute Gasteiger partial charge is 0.368 e. The van der Waals surface area contributed by atoms with E-state index in [9.17, 15) is 9.59 Å². The number of hydrogen-bond donors (Lipinski definition) is 3. The highest BCUT2D eigenvalue weighted by Crippen LogP contribution is 2.25. The molecule has 1 saturated heterocycles. The third kappa shape index (κ3) is 6.39. The highest BCUT2D eigenvalue weighted by atomic mass is 16.2. The monoisotopic (exact) mass is 519 g/mol. The Morgan fingerprint density at radius 3 is 2.37 bits per heavy atom. The molecule has 1 fully saturated rings. The van der Waals surface area contributed by atoms with Crippen LogP contribution in [0.2, 0.25) is 0 Å². The van der Waals surface area contributed by atoms with Crippen LogP contribution in [0.5, 0.6) is 0 Å². The molecule has 2 aromatic heterocycles. The zero-order valence-corrected chi connectivity index (χ0v) is 22.7. The molecular formula is C27H37N9O2. The molecule has 2 atom stereocenters. The first-order valence-electron chi connectivity index (χ1n) is 13.0. The van der Waals surface area contributed by atoms with Crippen LogP contribution in [0.15, 0.2) is 42.6 Å². The summed E-state index contributed by atoms with van der Waals surface area (Å²) in [5, 5.41) is 10.6. The van der Waals surface area contributed by atoms with Gasteiger partial charge in [-0.05, 0) is 56.5 Å². The Balaban J connectivity index is 1.43. The predicted molar refractivity (Wildman–Crippen MR) is 150 cm³/mol. The number of carbonyl (C=O) groups is 2. The Hall–Kier alpha value is -4.15. The first-order valence-corrected chi connectivity index (χ1v) is 13.0. The van der Waals surface area contributed by atoms with Gasteiger partial charge in [-0.3, -0.25) is 9.59 Å². The van der Waals surface area contributed by atoms with Gasteiger partial charge in [0.15, 0.2) is 0 Å². The van der Waals surface area contributed by atoms with Crippen LogP contribution in [0.25, 0.3) is 5.69 Å². The van der Waals surface area contributed by atoms with Gasteiger partial charge in [0, 0.05) is 62.2 Å². The fraction of sp³-hybridized carbons (Fsp3) is 0.444. The van der Waals surface area contributed by atoms with Crippen molar-refractivity contribution >= 4 is 40.9 Å². The third-order valence-electron chi connectivity index (χ3n) is 6.59. The van der Waals surface area contributed by atoms with Crippen molar-refractivity contribution in [1.29, 1.82) is 0 Å². The van der Waals surface area contributed by atoms with Gasteiger partial charge in [0.25, 0.3) is 0 Å². The minimum atomic E-state index is 0.00830. The van der Waals surface area contributed by atoms with E-state index >= 15 is 0 Å². The van der Waals surface area contributed by atoms with E-state index in [0.717, 1.165) is 29.3 Å². The van der Waals surface area contributed by atoms with Gasteiger partial charge >= 0.3 is 0 Å². The number of nitrogens with one attached hydrogen (secondary N) is 2. The van der Waals surface area contributed by atoms with Crippen LogP contribution in [-0.4, -0.2) is 61.6 Å². The van der Waals surface area contributed by atoms with Crippen molar-refractivity contribution in [2.24, 2.45) is 5.92 Å². The molecule has 3 heterocycles. The molecule has 0 unspecified atom stereocenters. The SMILES string of the molecule is CC(=O)N1[C@H](C)CN(c2cc(-n3nc(Nc4ccc(NC(=O)CCC(C)C)cc4)nc3N)ccn2)C[C@@H]1C. The molecular weight excluding hydrogens is 482 g/mol. The van der Waals surface area contributed by atoms with Crippen molar-refractivity contribution in [2.45, 2.75) is 59.5 Å². The molecule has 11 heteroatoms. The fourth-order valence-electron chi connectivity index (χ4n) is 4.82. The summed E-state index contributed by atoms with van der Waals surface area (Å²) in [7, 11) is 0. The highest BCUT2D eigenvalue weighted by molar-refractivity contribution is 5.90. The van der Waals surface area contributed by atoms with Gasteiger partial charge in [-0.2, -0.15) is 9.67 Å². The summed E-state index contributed by atoms with van der Waals surface area (Å²) < 4.78 is 1.56. The summed E-state index contributed by atoms with van der Waals surface area (Å²) >= 11 is 0. The number of pyridine rings is 1. The molecule has 0 spiro atoms. The Labute approximate surface area is 223 Å². The molecule has 11 nitrogen and oxygen atoms in total. The molecule has 1 aliphatic rings. The van der Waals surface area contributed by atoms with E-state index in [1.165, 1.54) is 0 Å². The molecule has 202 valence electrons. The lowest BCUT2D eigenvalue weighted by atomic mass is 10.1. The highest BCUT2D eigenvalue weighted by Gasteiger charge is 2.31. The molecule has 38 heavy (non-hydrogen) atoms. The molecule has 0 saturated carbocycles. The number of nitrogens with two attached hydrogens (primary N) is 1. The van der Waals surface area contributed by atoms with Crippen molar-refractivity contribution in [3.05, 3.63) is 42.6 Å². The first kappa shape index (κ1) is 26.9. The summed E-state index contributed by atoms with van der Waals surface area (Å²) in [6, 6.07) is 11.3. The third-order valence-corrected chi connectivity index (χ3v) is 6.59. The molecule has 2 amide bonds. The van der Waals surface area contributed by atoms with Crippen LogP contribution >= 0.6 is 0 Å². The van der Waals surface area contributed by atoms with Crippen LogP contribution in [0, 0.1) is 5.92 Å². The van der Waals surface area contributed by atoms with Crippen molar-refractivity contribution in [1.82, 2.24) is 24.6 Å². The Kier molecular flexibility index (Phi) is 8.13. The predicted octanol–water partition coefficient (Wildman–Crippen LogP) is 3.81. The lowest BCUT2D eigenvalue weighted by molar-refractivity contribution is -0.133.